The Morgan fingerprint density at radius 1 is 0.936 bits per heavy atom. The van der Waals surface area contributed by atoms with E-state index in [9.17, 15) is 32.4 Å². The minimum atomic E-state index is -3.38. The number of hydrogen-bond donors (Lipinski definition) is 4. The van der Waals surface area contributed by atoms with Crippen LogP contribution in [0.1, 0.15) is 104 Å². The smallest absolute Gasteiger partial charge is 0.315 e. The molecule has 264 valence electrons. The molecule has 5 rings (SSSR count). The fraction of sp³-hybridized carbons (Fsp3) is 0.848. The van der Waals surface area contributed by atoms with Gasteiger partial charge in [-0.1, -0.05) is 65.2 Å². The minimum Gasteiger partial charge on any atom is -0.363 e. The van der Waals surface area contributed by atoms with Crippen LogP contribution >= 0.6 is 11.8 Å². The molecule has 0 radical (unpaired) electrons. The van der Waals surface area contributed by atoms with Crippen LogP contribution in [0.3, 0.4) is 0 Å². The molecule has 1 unspecified atom stereocenters. The highest BCUT2D eigenvalue weighted by atomic mass is 32.2. The van der Waals surface area contributed by atoms with Crippen molar-refractivity contribution < 1.29 is 32.4 Å². The van der Waals surface area contributed by atoms with Gasteiger partial charge < -0.3 is 26.6 Å². The van der Waals surface area contributed by atoms with Gasteiger partial charge in [-0.25, -0.2) is 13.2 Å². The molecule has 14 heteroatoms. The number of ketones is 1. The highest BCUT2D eigenvalue weighted by Gasteiger charge is 2.56. The van der Waals surface area contributed by atoms with Gasteiger partial charge in [-0.15, -0.1) is 0 Å². The second-order valence-corrected chi connectivity index (χ2v) is 19.7. The monoisotopic (exact) mass is 695 g/mol. The standard InChI is InChI=1S/C33H53N5O7S2/c1-32(2)17-22-24(46-32)18-38(26(22)29(41)35-23(16-20-12-13-20)27(39)28(34)40)30(42)25(21-10-6-4-7-11-21)36-31(43)37-33(19-47(3,44)45)14-8-5-9-15-33/h20-26H,4-19H2,1-3H3,(H2,34,40)(H,35,41)(H2,36,37,43)/t22-,23?,24-,25-,26-/m0/s1. The number of nitrogens with one attached hydrogen (secondary N) is 3. The summed E-state index contributed by atoms with van der Waals surface area (Å²) in [5.41, 5.74) is 4.46. The van der Waals surface area contributed by atoms with Crippen LogP contribution in [-0.2, 0) is 29.0 Å². The zero-order valence-corrected chi connectivity index (χ0v) is 29.7. The molecule has 12 nitrogen and oxygen atoms in total. The molecule has 0 aromatic carbocycles. The second-order valence-electron chi connectivity index (χ2n) is 15.6. The van der Waals surface area contributed by atoms with E-state index in [0.29, 0.717) is 32.2 Å². The molecule has 5 amide bonds. The number of nitrogens with zero attached hydrogens (tertiary/aromatic N) is 1. The van der Waals surface area contributed by atoms with Crippen LogP contribution in [0.2, 0.25) is 0 Å². The fourth-order valence-corrected chi connectivity index (χ4v) is 11.8. The summed E-state index contributed by atoms with van der Waals surface area (Å²) in [7, 11) is -3.38. The summed E-state index contributed by atoms with van der Waals surface area (Å²) in [6.07, 6.45) is 12.1. The van der Waals surface area contributed by atoms with E-state index < -0.39 is 57.1 Å². The van der Waals surface area contributed by atoms with Gasteiger partial charge in [0.05, 0.1) is 17.3 Å². The average Bonchev–Trinajstić information content (AvgIpc) is 3.67. The van der Waals surface area contributed by atoms with Gasteiger partial charge in [0.1, 0.15) is 21.9 Å². The van der Waals surface area contributed by atoms with Crippen molar-refractivity contribution in [1.29, 1.82) is 0 Å². The van der Waals surface area contributed by atoms with Crippen molar-refractivity contribution in [3.05, 3.63) is 0 Å². The van der Waals surface area contributed by atoms with E-state index in [1.165, 1.54) is 6.26 Å². The van der Waals surface area contributed by atoms with Gasteiger partial charge in [0, 0.05) is 28.7 Å². The van der Waals surface area contributed by atoms with Crippen LogP contribution in [0, 0.1) is 17.8 Å². The third kappa shape index (κ3) is 9.01. The van der Waals surface area contributed by atoms with Gasteiger partial charge in [0.2, 0.25) is 17.6 Å². The van der Waals surface area contributed by atoms with Gasteiger partial charge in [-0.2, -0.15) is 11.8 Å². The van der Waals surface area contributed by atoms with Crippen molar-refractivity contribution in [3.8, 4) is 0 Å². The van der Waals surface area contributed by atoms with E-state index in [2.05, 4.69) is 29.8 Å². The first-order chi connectivity index (χ1) is 22.1. The Morgan fingerprint density at radius 3 is 2.17 bits per heavy atom. The van der Waals surface area contributed by atoms with Gasteiger partial charge >= 0.3 is 6.03 Å². The number of Topliss-reactive ketones (excluding diaryl/α,β-unsaturated/α-hetero) is 1. The first-order valence-corrected chi connectivity index (χ1v) is 20.4. The molecule has 47 heavy (non-hydrogen) atoms. The number of nitrogens with two attached hydrogens (primary N) is 1. The Morgan fingerprint density at radius 2 is 1.57 bits per heavy atom. The lowest BCUT2D eigenvalue weighted by Crippen LogP contribution is -2.62. The maximum absolute atomic E-state index is 14.7. The lowest BCUT2D eigenvalue weighted by molar-refractivity contribution is -0.143. The largest absolute Gasteiger partial charge is 0.363 e. The number of urea groups is 1. The SMILES string of the molecule is CC1(C)C[C@H]2[C@H](CN(C(=O)[C@@H](NC(=O)NC3(CS(C)(=O)=O)CCCCC3)C3CCCCC3)[C@@H]2C(=O)NC(CC2CC2)C(=O)C(N)=O)S1. The van der Waals surface area contributed by atoms with Gasteiger partial charge in [0.25, 0.3) is 5.91 Å². The molecule has 3 aliphatic carbocycles. The summed E-state index contributed by atoms with van der Waals surface area (Å²) >= 11 is 1.75. The van der Waals surface area contributed by atoms with Crippen LogP contribution in [-0.4, -0.2) is 95.1 Å². The minimum absolute atomic E-state index is 0.000439. The molecule has 2 saturated heterocycles. The van der Waals surface area contributed by atoms with Crippen LogP contribution in [0.5, 0.6) is 0 Å². The molecular weight excluding hydrogens is 643 g/mol. The van der Waals surface area contributed by atoms with Crippen molar-refractivity contribution in [2.75, 3.05) is 18.6 Å². The zero-order chi connectivity index (χ0) is 34.1. The van der Waals surface area contributed by atoms with E-state index >= 15 is 0 Å². The lowest BCUT2D eigenvalue weighted by atomic mass is 9.82. The number of fused-ring (bicyclic) bond motifs is 1. The summed E-state index contributed by atoms with van der Waals surface area (Å²) in [6.45, 7) is 4.58. The molecule has 0 aromatic heterocycles. The predicted octanol–water partition coefficient (Wildman–Crippen LogP) is 2.43. The molecule has 3 saturated carbocycles. The topological polar surface area (TPSA) is 185 Å². The maximum atomic E-state index is 14.7. The van der Waals surface area contributed by atoms with Crippen molar-refractivity contribution in [3.63, 3.8) is 0 Å². The maximum Gasteiger partial charge on any atom is 0.315 e. The molecule has 5 atom stereocenters. The van der Waals surface area contributed by atoms with Gasteiger partial charge in [0.15, 0.2) is 0 Å². The third-order valence-corrected chi connectivity index (χ3v) is 13.6. The quantitative estimate of drug-likeness (QED) is 0.224. The van der Waals surface area contributed by atoms with Crippen molar-refractivity contribution >= 4 is 51.1 Å². The Kier molecular flexibility index (Phi) is 10.9. The highest BCUT2D eigenvalue weighted by Crippen LogP contribution is 2.52. The summed E-state index contributed by atoms with van der Waals surface area (Å²) in [4.78, 5) is 68.7. The number of carbonyl (C=O) groups excluding carboxylic acids is 5. The van der Waals surface area contributed by atoms with Crippen molar-refractivity contribution in [1.82, 2.24) is 20.9 Å². The van der Waals surface area contributed by atoms with Crippen LogP contribution in [0.25, 0.3) is 0 Å². The fourth-order valence-electron chi connectivity index (χ4n) is 8.66. The predicted molar refractivity (Wildman–Crippen MR) is 180 cm³/mol. The van der Waals surface area contributed by atoms with E-state index in [4.69, 9.17) is 5.73 Å². The molecule has 0 spiro atoms. The van der Waals surface area contributed by atoms with Crippen molar-refractivity contribution in [2.45, 2.75) is 137 Å². The van der Waals surface area contributed by atoms with Crippen LogP contribution in [0.15, 0.2) is 0 Å². The van der Waals surface area contributed by atoms with E-state index in [1.807, 2.05) is 0 Å². The first kappa shape index (κ1) is 35.9. The molecular formula is C33H53N5O7S2. The number of amides is 5. The van der Waals surface area contributed by atoms with Crippen molar-refractivity contribution in [2.24, 2.45) is 23.5 Å². The Balaban J connectivity index is 1.40. The normalized spacial score (nSPS) is 28.5. The van der Waals surface area contributed by atoms with Crippen LogP contribution in [0.4, 0.5) is 4.79 Å². The number of sulfone groups is 1. The third-order valence-electron chi connectivity index (χ3n) is 10.9. The highest BCUT2D eigenvalue weighted by molar-refractivity contribution is 8.01. The molecule has 5 aliphatic rings. The van der Waals surface area contributed by atoms with Gasteiger partial charge in [-0.3, -0.25) is 19.2 Å². The van der Waals surface area contributed by atoms with E-state index in [0.717, 1.165) is 64.2 Å². The summed E-state index contributed by atoms with van der Waals surface area (Å²) < 4.78 is 24.7. The molecule has 0 bridgehead atoms. The van der Waals surface area contributed by atoms with E-state index in [-0.39, 0.29) is 39.4 Å². The molecule has 2 heterocycles. The zero-order valence-electron chi connectivity index (χ0n) is 28.1. The first-order valence-electron chi connectivity index (χ1n) is 17.5. The lowest BCUT2D eigenvalue weighted by Gasteiger charge is -2.39. The molecule has 5 N–H and O–H groups in total. The van der Waals surface area contributed by atoms with Gasteiger partial charge in [-0.05, 0) is 50.4 Å². The summed E-state index contributed by atoms with van der Waals surface area (Å²) in [6, 6.07) is -3.36. The molecule has 0 aromatic rings. The second kappa shape index (κ2) is 14.2. The summed E-state index contributed by atoms with van der Waals surface area (Å²) in [5.74, 6) is -2.94. The molecule has 5 fully saturated rings. The number of rotatable bonds is 12. The Labute approximate surface area is 283 Å². The van der Waals surface area contributed by atoms with Crippen LogP contribution < -0.4 is 21.7 Å². The van der Waals surface area contributed by atoms with E-state index in [1.54, 1.807) is 16.7 Å². The number of likely N-dealkylation sites (tertiary alicyclic amines) is 1. The Hall–Kier alpha value is -2.35. The number of hydrogen-bond acceptors (Lipinski definition) is 8. The Bertz CT molecular complexity index is 1340. The average molecular weight is 696 g/mol. The number of primary amides is 1. The molecule has 2 aliphatic heterocycles. The summed E-state index contributed by atoms with van der Waals surface area (Å²) in [5, 5.41) is 8.81. The number of thioether (sulfide) groups is 1. The number of carbonyl (C=O) groups is 5.